The molecule has 0 atom stereocenters. The van der Waals surface area contributed by atoms with Crippen LogP contribution in [0.15, 0.2) is 18.2 Å². The van der Waals surface area contributed by atoms with Gasteiger partial charge in [0, 0.05) is 24.6 Å². The molecule has 0 spiro atoms. The monoisotopic (exact) mass is 251 g/mol. The average molecular weight is 251 g/mol. The Morgan fingerprint density at radius 1 is 1.11 bits per heavy atom. The fourth-order valence-electron chi connectivity index (χ4n) is 1.39. The summed E-state index contributed by atoms with van der Waals surface area (Å²) in [5.74, 6) is 0.879. The highest BCUT2D eigenvalue weighted by Gasteiger charge is 2.09. The van der Waals surface area contributed by atoms with Crippen LogP contribution < -0.4 is 14.8 Å². The first-order valence-corrected chi connectivity index (χ1v) is 5.57. The smallest absolute Gasteiger partial charge is 0.251 e. The van der Waals surface area contributed by atoms with E-state index >= 15 is 0 Å². The minimum atomic E-state index is -0.256. The highest BCUT2D eigenvalue weighted by atomic mass is 16.5. The van der Waals surface area contributed by atoms with E-state index < -0.39 is 0 Å². The fraction of sp³-hybridized carbons (Fsp3) is 0.385. The van der Waals surface area contributed by atoms with E-state index in [1.807, 2.05) is 0 Å². The van der Waals surface area contributed by atoms with Gasteiger partial charge in [0.15, 0.2) is 0 Å². The minimum absolute atomic E-state index is 0.0403. The molecule has 0 aromatic heterocycles. The van der Waals surface area contributed by atoms with Crippen molar-refractivity contribution in [3.63, 3.8) is 0 Å². The summed E-state index contributed by atoms with van der Waals surface area (Å²) in [5.41, 5.74) is 0.440. The Kier molecular flexibility index (Phi) is 5.17. The molecule has 0 aliphatic heterocycles. The van der Waals surface area contributed by atoms with E-state index in [9.17, 15) is 9.59 Å². The van der Waals surface area contributed by atoms with Crippen molar-refractivity contribution >= 4 is 11.7 Å². The number of hydrogen-bond donors (Lipinski definition) is 1. The molecule has 1 aromatic rings. The van der Waals surface area contributed by atoms with Gasteiger partial charge in [-0.25, -0.2) is 0 Å². The number of Topliss-reactive ketones (excluding diaryl/α,β-unsaturated/α-hetero) is 1. The lowest BCUT2D eigenvalue weighted by molar-refractivity contribution is -0.116. The molecule has 0 saturated carbocycles. The van der Waals surface area contributed by atoms with Crippen molar-refractivity contribution in [1.82, 2.24) is 5.32 Å². The van der Waals surface area contributed by atoms with E-state index in [0.717, 1.165) is 0 Å². The maximum absolute atomic E-state index is 11.8. The zero-order chi connectivity index (χ0) is 13.5. The second-order valence-corrected chi connectivity index (χ2v) is 3.81. The zero-order valence-electron chi connectivity index (χ0n) is 10.8. The number of ether oxygens (including phenoxy) is 2. The molecule has 1 amide bonds. The molecular weight excluding hydrogens is 234 g/mol. The van der Waals surface area contributed by atoms with Gasteiger partial charge in [0.2, 0.25) is 0 Å². The third-order valence-corrected chi connectivity index (χ3v) is 2.38. The molecule has 98 valence electrons. The van der Waals surface area contributed by atoms with Crippen LogP contribution in [0.2, 0.25) is 0 Å². The Morgan fingerprint density at radius 2 is 1.67 bits per heavy atom. The lowest BCUT2D eigenvalue weighted by Crippen LogP contribution is -2.25. The first-order chi connectivity index (χ1) is 8.56. The van der Waals surface area contributed by atoms with E-state index in [0.29, 0.717) is 30.0 Å². The van der Waals surface area contributed by atoms with Crippen molar-refractivity contribution in [2.24, 2.45) is 0 Å². The van der Waals surface area contributed by atoms with Gasteiger partial charge in [-0.1, -0.05) is 0 Å². The van der Waals surface area contributed by atoms with Crippen molar-refractivity contribution < 1.29 is 19.1 Å². The summed E-state index contributed by atoms with van der Waals surface area (Å²) in [6, 6.07) is 4.92. The fourth-order valence-corrected chi connectivity index (χ4v) is 1.39. The molecule has 0 heterocycles. The van der Waals surface area contributed by atoms with Crippen LogP contribution in [-0.4, -0.2) is 32.5 Å². The molecular formula is C13H17NO4. The summed E-state index contributed by atoms with van der Waals surface area (Å²) in [6.07, 6.45) is 0.326. The molecule has 5 heteroatoms. The molecule has 1 aromatic carbocycles. The number of rotatable bonds is 6. The predicted octanol–water partition coefficient (Wildman–Crippen LogP) is 1.41. The Balaban J connectivity index is 2.75. The van der Waals surface area contributed by atoms with Crippen LogP contribution in [0.1, 0.15) is 23.7 Å². The van der Waals surface area contributed by atoms with Crippen LogP contribution in [0.3, 0.4) is 0 Å². The van der Waals surface area contributed by atoms with E-state index in [-0.39, 0.29) is 11.7 Å². The van der Waals surface area contributed by atoms with Gasteiger partial charge in [-0.15, -0.1) is 0 Å². The average Bonchev–Trinajstić information content (AvgIpc) is 2.37. The van der Waals surface area contributed by atoms with Crippen LogP contribution in [0.5, 0.6) is 11.5 Å². The van der Waals surface area contributed by atoms with Crippen LogP contribution in [0.25, 0.3) is 0 Å². The molecule has 0 aliphatic carbocycles. The number of nitrogens with one attached hydrogen (secondary N) is 1. The van der Waals surface area contributed by atoms with Gasteiger partial charge in [0.25, 0.3) is 5.91 Å². The normalized spacial score (nSPS) is 9.72. The lowest BCUT2D eigenvalue weighted by atomic mass is 10.2. The van der Waals surface area contributed by atoms with E-state index in [1.165, 1.54) is 21.1 Å². The summed E-state index contributed by atoms with van der Waals surface area (Å²) in [7, 11) is 3.04. The Morgan fingerprint density at radius 3 is 2.11 bits per heavy atom. The second-order valence-electron chi connectivity index (χ2n) is 3.81. The molecule has 18 heavy (non-hydrogen) atoms. The summed E-state index contributed by atoms with van der Waals surface area (Å²) in [5, 5.41) is 2.66. The molecule has 0 aliphatic rings. The lowest BCUT2D eigenvalue weighted by Gasteiger charge is -2.08. The van der Waals surface area contributed by atoms with E-state index in [2.05, 4.69) is 5.32 Å². The summed E-state index contributed by atoms with van der Waals surface area (Å²) in [6.45, 7) is 1.81. The Bertz CT molecular complexity index is 420. The molecule has 0 unspecified atom stereocenters. The van der Waals surface area contributed by atoms with Gasteiger partial charge in [-0.2, -0.15) is 0 Å². The maximum Gasteiger partial charge on any atom is 0.251 e. The van der Waals surface area contributed by atoms with Gasteiger partial charge in [0.1, 0.15) is 17.3 Å². The number of carbonyl (C=O) groups is 2. The number of methoxy groups -OCH3 is 2. The molecule has 0 saturated heterocycles. The standard InChI is InChI=1S/C13H17NO4/c1-9(15)4-5-14-13(16)10-6-11(17-2)8-12(7-10)18-3/h6-8H,4-5H2,1-3H3,(H,14,16). The third-order valence-electron chi connectivity index (χ3n) is 2.38. The molecule has 0 fully saturated rings. The molecule has 5 nitrogen and oxygen atoms in total. The molecule has 1 N–H and O–H groups in total. The largest absolute Gasteiger partial charge is 0.497 e. The van der Waals surface area contributed by atoms with Crippen molar-refractivity contribution in [1.29, 1.82) is 0 Å². The maximum atomic E-state index is 11.8. The van der Waals surface area contributed by atoms with Gasteiger partial charge in [-0.05, 0) is 19.1 Å². The van der Waals surface area contributed by atoms with Crippen LogP contribution >= 0.6 is 0 Å². The Labute approximate surface area is 106 Å². The number of ketones is 1. The van der Waals surface area contributed by atoms with E-state index in [4.69, 9.17) is 9.47 Å². The first-order valence-electron chi connectivity index (χ1n) is 5.57. The van der Waals surface area contributed by atoms with Crippen molar-refractivity contribution in [3.05, 3.63) is 23.8 Å². The second kappa shape index (κ2) is 6.64. The first kappa shape index (κ1) is 14.0. The zero-order valence-corrected chi connectivity index (χ0v) is 10.8. The van der Waals surface area contributed by atoms with Gasteiger partial charge in [0.05, 0.1) is 14.2 Å². The minimum Gasteiger partial charge on any atom is -0.497 e. The predicted molar refractivity (Wildman–Crippen MR) is 67.2 cm³/mol. The van der Waals surface area contributed by atoms with Gasteiger partial charge >= 0.3 is 0 Å². The van der Waals surface area contributed by atoms with Crippen LogP contribution in [0.4, 0.5) is 0 Å². The Hall–Kier alpha value is -2.04. The van der Waals surface area contributed by atoms with Crippen molar-refractivity contribution in [2.45, 2.75) is 13.3 Å². The van der Waals surface area contributed by atoms with Crippen LogP contribution in [-0.2, 0) is 4.79 Å². The number of benzene rings is 1. The topological polar surface area (TPSA) is 64.6 Å². The van der Waals surface area contributed by atoms with E-state index in [1.54, 1.807) is 18.2 Å². The summed E-state index contributed by atoms with van der Waals surface area (Å²) in [4.78, 5) is 22.6. The SMILES string of the molecule is COc1cc(OC)cc(C(=O)NCCC(C)=O)c1. The summed E-state index contributed by atoms with van der Waals surface area (Å²) < 4.78 is 10.2. The number of hydrogen-bond acceptors (Lipinski definition) is 4. The number of carbonyl (C=O) groups excluding carboxylic acids is 2. The quantitative estimate of drug-likeness (QED) is 0.830. The molecule has 0 radical (unpaired) electrons. The number of amides is 1. The highest BCUT2D eigenvalue weighted by molar-refractivity contribution is 5.95. The van der Waals surface area contributed by atoms with Crippen molar-refractivity contribution in [3.8, 4) is 11.5 Å². The van der Waals surface area contributed by atoms with Crippen LogP contribution in [0, 0.1) is 0 Å². The molecule has 0 bridgehead atoms. The van der Waals surface area contributed by atoms with Crippen molar-refractivity contribution in [2.75, 3.05) is 20.8 Å². The van der Waals surface area contributed by atoms with Gasteiger partial charge in [-0.3, -0.25) is 9.59 Å². The van der Waals surface area contributed by atoms with Gasteiger partial charge < -0.3 is 14.8 Å². The third kappa shape index (κ3) is 4.08. The molecule has 1 rings (SSSR count). The summed E-state index contributed by atoms with van der Waals surface area (Å²) >= 11 is 0. The highest BCUT2D eigenvalue weighted by Crippen LogP contribution is 2.22.